The molecule has 0 aromatic carbocycles. The number of methoxy groups -OCH3 is 1. The van der Waals surface area contributed by atoms with Gasteiger partial charge in [-0.1, -0.05) is 0 Å². The molecule has 0 saturated carbocycles. The van der Waals surface area contributed by atoms with Crippen LogP contribution in [0.2, 0.25) is 0 Å². The molecule has 3 N–H and O–H groups in total. The van der Waals surface area contributed by atoms with Gasteiger partial charge in [-0.15, -0.1) is 0 Å². The van der Waals surface area contributed by atoms with Crippen molar-refractivity contribution in [1.29, 1.82) is 0 Å². The van der Waals surface area contributed by atoms with Crippen molar-refractivity contribution in [3.05, 3.63) is 34.2 Å². The van der Waals surface area contributed by atoms with E-state index in [4.69, 9.17) is 10.5 Å². The van der Waals surface area contributed by atoms with Crippen molar-refractivity contribution in [2.24, 2.45) is 0 Å². The number of aromatic amines is 1. The predicted octanol–water partition coefficient (Wildman–Crippen LogP) is 1.22. The maximum Gasteiger partial charge on any atom is 0.251 e. The highest BCUT2D eigenvalue weighted by molar-refractivity contribution is 7.99. The number of hydrogen-bond donors (Lipinski definition) is 2. The summed E-state index contributed by atoms with van der Waals surface area (Å²) in [5, 5.41) is 0.996. The van der Waals surface area contributed by atoms with E-state index in [2.05, 4.69) is 15.0 Å². The van der Waals surface area contributed by atoms with Crippen LogP contribution in [0.3, 0.4) is 0 Å². The Morgan fingerprint density at radius 2 is 2.17 bits per heavy atom. The van der Waals surface area contributed by atoms with Crippen molar-refractivity contribution in [3.63, 3.8) is 0 Å². The predicted molar refractivity (Wildman–Crippen MR) is 68.9 cm³/mol. The Balaban J connectivity index is 2.36. The Labute approximate surface area is 108 Å². The van der Waals surface area contributed by atoms with E-state index in [1.807, 2.05) is 0 Å². The summed E-state index contributed by atoms with van der Waals surface area (Å²) < 4.78 is 5.02. The summed E-state index contributed by atoms with van der Waals surface area (Å²) in [6, 6.07) is 4.79. The largest absolute Gasteiger partial charge is 0.481 e. The molecule has 0 amide bonds. The van der Waals surface area contributed by atoms with E-state index >= 15 is 0 Å². The lowest BCUT2D eigenvalue weighted by Crippen LogP contribution is -2.08. The van der Waals surface area contributed by atoms with Crippen LogP contribution in [-0.4, -0.2) is 22.1 Å². The Bertz CT molecular complexity index is 627. The molecular formula is C11H12N4O2S. The Hall–Kier alpha value is -2.02. The van der Waals surface area contributed by atoms with Gasteiger partial charge in [-0.05, 0) is 24.8 Å². The van der Waals surface area contributed by atoms with Crippen molar-refractivity contribution in [2.45, 2.75) is 17.1 Å². The fraction of sp³-hybridized carbons (Fsp3) is 0.182. The Kier molecular flexibility index (Phi) is 3.52. The number of aryl methyl sites for hydroxylation is 1. The minimum Gasteiger partial charge on any atom is -0.481 e. The molecule has 2 aromatic heterocycles. The molecule has 0 aliphatic carbocycles. The molecule has 0 saturated heterocycles. The average Bonchev–Trinajstić information content (AvgIpc) is 2.30. The van der Waals surface area contributed by atoms with Crippen LogP contribution in [0.5, 0.6) is 5.88 Å². The summed E-state index contributed by atoms with van der Waals surface area (Å²) in [5.74, 6) is 0.460. The van der Waals surface area contributed by atoms with E-state index in [1.54, 1.807) is 19.1 Å². The first-order valence-electron chi connectivity index (χ1n) is 5.15. The van der Waals surface area contributed by atoms with Crippen molar-refractivity contribution in [2.75, 3.05) is 12.8 Å². The van der Waals surface area contributed by atoms with Crippen LogP contribution < -0.4 is 16.0 Å². The minimum absolute atomic E-state index is 0.202. The minimum atomic E-state index is -0.202. The first kappa shape index (κ1) is 12.4. The summed E-state index contributed by atoms with van der Waals surface area (Å²) in [4.78, 5) is 22.3. The molecule has 0 fully saturated rings. The third-order valence-electron chi connectivity index (χ3n) is 2.11. The number of anilines is 1. The van der Waals surface area contributed by atoms with E-state index in [1.165, 1.54) is 24.9 Å². The number of H-pyrrole nitrogens is 1. The van der Waals surface area contributed by atoms with Gasteiger partial charge in [0, 0.05) is 17.8 Å². The normalized spacial score (nSPS) is 10.3. The summed E-state index contributed by atoms with van der Waals surface area (Å²) in [6.45, 7) is 1.75. The van der Waals surface area contributed by atoms with Gasteiger partial charge in [0.1, 0.15) is 5.03 Å². The number of nitrogen functional groups attached to an aromatic ring is 1. The third-order valence-corrected chi connectivity index (χ3v) is 3.02. The SMILES string of the molecule is COc1ccc(N)c(Sc2nc(C)cc(=O)[nH]2)n1. The molecule has 0 aliphatic rings. The number of ether oxygens (including phenoxy) is 1. The van der Waals surface area contributed by atoms with E-state index in [-0.39, 0.29) is 5.56 Å². The first-order chi connectivity index (χ1) is 8.58. The maximum absolute atomic E-state index is 11.3. The number of aromatic nitrogens is 3. The van der Waals surface area contributed by atoms with Crippen LogP contribution in [0.4, 0.5) is 5.69 Å². The smallest absolute Gasteiger partial charge is 0.251 e. The lowest BCUT2D eigenvalue weighted by Gasteiger charge is -2.06. The highest BCUT2D eigenvalue weighted by atomic mass is 32.2. The van der Waals surface area contributed by atoms with Gasteiger partial charge in [0.2, 0.25) is 5.88 Å². The van der Waals surface area contributed by atoms with Gasteiger partial charge in [0.05, 0.1) is 12.8 Å². The van der Waals surface area contributed by atoms with Gasteiger partial charge in [-0.2, -0.15) is 0 Å². The Morgan fingerprint density at radius 3 is 2.83 bits per heavy atom. The van der Waals surface area contributed by atoms with Gasteiger partial charge in [-0.25, -0.2) is 9.97 Å². The molecule has 0 radical (unpaired) electrons. The highest BCUT2D eigenvalue weighted by Crippen LogP contribution is 2.29. The lowest BCUT2D eigenvalue weighted by atomic mass is 10.4. The first-order valence-corrected chi connectivity index (χ1v) is 5.96. The second-order valence-electron chi connectivity index (χ2n) is 3.54. The maximum atomic E-state index is 11.3. The fourth-order valence-electron chi connectivity index (χ4n) is 1.32. The quantitative estimate of drug-likeness (QED) is 0.809. The second kappa shape index (κ2) is 5.09. The molecule has 7 heteroatoms. The van der Waals surface area contributed by atoms with Crippen LogP contribution in [0, 0.1) is 6.92 Å². The summed E-state index contributed by atoms with van der Waals surface area (Å²) in [7, 11) is 1.53. The number of rotatable bonds is 3. The van der Waals surface area contributed by atoms with Crippen LogP contribution >= 0.6 is 11.8 Å². The number of nitrogens with one attached hydrogen (secondary N) is 1. The molecule has 2 aromatic rings. The molecule has 6 nitrogen and oxygen atoms in total. The average molecular weight is 264 g/mol. The molecule has 0 spiro atoms. The number of hydrogen-bond acceptors (Lipinski definition) is 6. The summed E-state index contributed by atoms with van der Waals surface area (Å²) in [5.41, 5.74) is 6.75. The summed E-state index contributed by atoms with van der Waals surface area (Å²) >= 11 is 1.19. The molecule has 18 heavy (non-hydrogen) atoms. The number of pyridine rings is 1. The van der Waals surface area contributed by atoms with E-state index in [0.29, 0.717) is 27.4 Å². The van der Waals surface area contributed by atoms with E-state index in [0.717, 1.165) is 0 Å². The van der Waals surface area contributed by atoms with Gasteiger partial charge in [-0.3, -0.25) is 4.79 Å². The van der Waals surface area contributed by atoms with Crippen LogP contribution in [0.25, 0.3) is 0 Å². The van der Waals surface area contributed by atoms with Gasteiger partial charge < -0.3 is 15.5 Å². The zero-order chi connectivity index (χ0) is 13.1. The monoisotopic (exact) mass is 264 g/mol. The topological polar surface area (TPSA) is 93.9 Å². The molecular weight excluding hydrogens is 252 g/mol. The summed E-state index contributed by atoms with van der Waals surface area (Å²) in [6.07, 6.45) is 0. The zero-order valence-corrected chi connectivity index (χ0v) is 10.7. The molecule has 0 atom stereocenters. The fourth-order valence-corrected chi connectivity index (χ4v) is 2.17. The van der Waals surface area contributed by atoms with Crippen molar-refractivity contribution >= 4 is 17.4 Å². The zero-order valence-electron chi connectivity index (χ0n) is 9.93. The molecule has 2 rings (SSSR count). The third kappa shape index (κ3) is 2.80. The second-order valence-corrected chi connectivity index (χ2v) is 4.52. The molecule has 0 bridgehead atoms. The molecule has 94 valence electrons. The highest BCUT2D eigenvalue weighted by Gasteiger charge is 2.08. The van der Waals surface area contributed by atoms with Crippen LogP contribution in [-0.2, 0) is 0 Å². The van der Waals surface area contributed by atoms with Gasteiger partial charge >= 0.3 is 0 Å². The van der Waals surface area contributed by atoms with Crippen LogP contribution in [0.15, 0.2) is 33.2 Å². The lowest BCUT2D eigenvalue weighted by molar-refractivity contribution is 0.395. The standard InChI is InChI=1S/C11H12N4O2S/c1-6-5-8(16)14-11(13-6)18-10-7(12)3-4-9(15-10)17-2/h3-5H,12H2,1-2H3,(H,13,14,16). The van der Waals surface area contributed by atoms with Crippen molar-refractivity contribution < 1.29 is 4.74 Å². The van der Waals surface area contributed by atoms with E-state index in [9.17, 15) is 4.79 Å². The molecule has 0 aliphatic heterocycles. The van der Waals surface area contributed by atoms with Crippen molar-refractivity contribution in [3.8, 4) is 5.88 Å². The number of nitrogens with zero attached hydrogens (tertiary/aromatic N) is 2. The number of nitrogens with two attached hydrogens (primary N) is 1. The van der Waals surface area contributed by atoms with Crippen molar-refractivity contribution in [1.82, 2.24) is 15.0 Å². The Morgan fingerprint density at radius 1 is 1.39 bits per heavy atom. The van der Waals surface area contributed by atoms with Crippen LogP contribution in [0.1, 0.15) is 5.69 Å². The van der Waals surface area contributed by atoms with E-state index < -0.39 is 0 Å². The molecule has 0 unspecified atom stereocenters. The van der Waals surface area contributed by atoms with Gasteiger partial charge in [0.15, 0.2) is 5.16 Å². The van der Waals surface area contributed by atoms with Gasteiger partial charge in [0.25, 0.3) is 5.56 Å². The molecule has 2 heterocycles.